The predicted octanol–water partition coefficient (Wildman–Crippen LogP) is 2.95. The lowest BCUT2D eigenvalue weighted by Crippen LogP contribution is -2.11. The van der Waals surface area contributed by atoms with Crippen molar-refractivity contribution in [2.45, 2.75) is 0 Å². The van der Waals surface area contributed by atoms with Gasteiger partial charge in [0, 0.05) is 23.5 Å². The minimum Gasteiger partial charge on any atom is -0.345 e. The van der Waals surface area contributed by atoms with Gasteiger partial charge in [-0.25, -0.2) is 9.37 Å². The molecule has 0 aliphatic carbocycles. The van der Waals surface area contributed by atoms with Gasteiger partial charge in [-0.05, 0) is 30.3 Å². The van der Waals surface area contributed by atoms with E-state index < -0.39 is 5.82 Å². The Kier molecular flexibility index (Phi) is 2.72. The van der Waals surface area contributed by atoms with E-state index in [9.17, 15) is 9.18 Å². The van der Waals surface area contributed by atoms with Crippen molar-refractivity contribution in [3.8, 4) is 0 Å². The second kappa shape index (κ2) is 4.53. The van der Waals surface area contributed by atoms with Gasteiger partial charge in [-0.15, -0.1) is 0 Å². The summed E-state index contributed by atoms with van der Waals surface area (Å²) in [6, 6.07) is 9.33. The van der Waals surface area contributed by atoms with E-state index in [4.69, 9.17) is 0 Å². The first-order valence-electron chi connectivity index (χ1n) is 5.73. The smallest absolute Gasteiger partial charge is 0.257 e. The van der Waals surface area contributed by atoms with Gasteiger partial charge >= 0.3 is 0 Å². The quantitative estimate of drug-likeness (QED) is 0.739. The Labute approximate surface area is 108 Å². The first kappa shape index (κ1) is 11.4. The number of hydrogen-bond acceptors (Lipinski definition) is 2. The van der Waals surface area contributed by atoms with Crippen LogP contribution in [0, 0.1) is 5.82 Å². The number of hydrogen-bond donors (Lipinski definition) is 2. The molecule has 0 atom stereocenters. The van der Waals surface area contributed by atoms with E-state index >= 15 is 0 Å². The van der Waals surface area contributed by atoms with Crippen LogP contribution in [0.15, 0.2) is 48.8 Å². The van der Waals surface area contributed by atoms with Gasteiger partial charge in [0.25, 0.3) is 5.91 Å². The lowest BCUT2D eigenvalue weighted by molar-refractivity contribution is 0.102. The standard InChI is InChI=1S/C14H10FN3O/c15-9-3-1-4-10(7-9)18-14(19)12-8-17-13-11(12)5-2-6-16-13/h1-8H,(H,16,17)(H,18,19). The summed E-state index contributed by atoms with van der Waals surface area (Å²) >= 11 is 0. The van der Waals surface area contributed by atoms with E-state index in [2.05, 4.69) is 15.3 Å². The molecule has 3 aromatic rings. The summed E-state index contributed by atoms with van der Waals surface area (Å²) in [6.07, 6.45) is 3.24. The monoisotopic (exact) mass is 255 g/mol. The van der Waals surface area contributed by atoms with Gasteiger partial charge in [0.1, 0.15) is 11.5 Å². The minimum absolute atomic E-state index is 0.301. The number of rotatable bonds is 2. The zero-order valence-corrected chi connectivity index (χ0v) is 9.85. The Balaban J connectivity index is 1.92. The summed E-state index contributed by atoms with van der Waals surface area (Å²) in [7, 11) is 0. The second-order valence-corrected chi connectivity index (χ2v) is 4.07. The van der Waals surface area contributed by atoms with Crippen LogP contribution < -0.4 is 5.32 Å². The topological polar surface area (TPSA) is 57.8 Å². The molecule has 1 aromatic carbocycles. The molecule has 0 aliphatic heterocycles. The molecule has 2 heterocycles. The third-order valence-electron chi connectivity index (χ3n) is 2.78. The minimum atomic E-state index is -0.390. The number of carbonyl (C=O) groups excluding carboxylic acids is 1. The summed E-state index contributed by atoms with van der Waals surface area (Å²) in [5.41, 5.74) is 1.54. The molecule has 19 heavy (non-hydrogen) atoms. The highest BCUT2D eigenvalue weighted by Gasteiger charge is 2.12. The number of amides is 1. The molecule has 0 fully saturated rings. The predicted molar refractivity (Wildman–Crippen MR) is 70.4 cm³/mol. The van der Waals surface area contributed by atoms with Crippen LogP contribution >= 0.6 is 0 Å². The van der Waals surface area contributed by atoms with Gasteiger partial charge in [-0.3, -0.25) is 4.79 Å². The fraction of sp³-hybridized carbons (Fsp3) is 0. The van der Waals surface area contributed by atoms with Gasteiger partial charge in [-0.1, -0.05) is 6.07 Å². The number of benzene rings is 1. The maximum atomic E-state index is 13.0. The van der Waals surface area contributed by atoms with Crippen molar-refractivity contribution < 1.29 is 9.18 Å². The van der Waals surface area contributed by atoms with E-state index in [1.54, 1.807) is 36.7 Å². The van der Waals surface area contributed by atoms with Crippen LogP contribution in [0.1, 0.15) is 10.4 Å². The molecule has 0 saturated heterocycles. The van der Waals surface area contributed by atoms with Gasteiger partial charge < -0.3 is 10.3 Å². The number of anilines is 1. The number of halogens is 1. The summed E-state index contributed by atoms with van der Waals surface area (Å²) in [4.78, 5) is 19.1. The Hall–Kier alpha value is -2.69. The van der Waals surface area contributed by atoms with Crippen molar-refractivity contribution in [1.29, 1.82) is 0 Å². The molecule has 5 heteroatoms. The molecule has 0 bridgehead atoms. The number of aromatic amines is 1. The fourth-order valence-corrected chi connectivity index (χ4v) is 1.91. The fourth-order valence-electron chi connectivity index (χ4n) is 1.91. The molecule has 2 N–H and O–H groups in total. The summed E-state index contributed by atoms with van der Waals surface area (Å²) < 4.78 is 13.0. The molecule has 3 rings (SSSR count). The van der Waals surface area contributed by atoms with Gasteiger partial charge in [0.15, 0.2) is 0 Å². The summed E-state index contributed by atoms with van der Waals surface area (Å²) in [5, 5.41) is 3.38. The average Bonchev–Trinajstić information content (AvgIpc) is 2.82. The molecular weight excluding hydrogens is 245 g/mol. The first-order chi connectivity index (χ1) is 9.24. The van der Waals surface area contributed by atoms with Gasteiger partial charge in [0.2, 0.25) is 0 Å². The Morgan fingerprint density at radius 3 is 3.00 bits per heavy atom. The van der Waals surface area contributed by atoms with Gasteiger partial charge in [-0.2, -0.15) is 0 Å². The Bertz CT molecular complexity index is 751. The highest BCUT2D eigenvalue weighted by atomic mass is 19.1. The Morgan fingerprint density at radius 2 is 2.16 bits per heavy atom. The van der Waals surface area contributed by atoms with Crippen molar-refractivity contribution in [2.24, 2.45) is 0 Å². The molecule has 0 spiro atoms. The van der Waals surface area contributed by atoms with Crippen LogP contribution in [-0.2, 0) is 0 Å². The maximum absolute atomic E-state index is 13.0. The summed E-state index contributed by atoms with van der Waals surface area (Å²) in [5.74, 6) is -0.691. The molecule has 0 unspecified atom stereocenters. The number of pyridine rings is 1. The number of H-pyrrole nitrogens is 1. The molecule has 1 amide bonds. The molecule has 0 aliphatic rings. The summed E-state index contributed by atoms with van der Waals surface area (Å²) in [6.45, 7) is 0. The van der Waals surface area contributed by atoms with E-state index in [0.717, 1.165) is 5.39 Å². The molecular formula is C14H10FN3O. The molecule has 0 saturated carbocycles. The van der Waals surface area contributed by atoms with Gasteiger partial charge in [0.05, 0.1) is 5.56 Å². The molecule has 94 valence electrons. The van der Waals surface area contributed by atoms with Crippen molar-refractivity contribution in [1.82, 2.24) is 9.97 Å². The normalized spacial score (nSPS) is 10.6. The zero-order valence-electron chi connectivity index (χ0n) is 9.85. The lowest BCUT2D eigenvalue weighted by atomic mass is 10.2. The third kappa shape index (κ3) is 2.18. The number of nitrogens with one attached hydrogen (secondary N) is 2. The lowest BCUT2D eigenvalue weighted by Gasteiger charge is -2.04. The average molecular weight is 255 g/mol. The number of fused-ring (bicyclic) bond motifs is 1. The SMILES string of the molecule is O=C(Nc1cccc(F)c1)c1c[nH]c2ncccc12. The van der Waals surface area contributed by atoms with E-state index in [-0.39, 0.29) is 5.91 Å². The van der Waals surface area contributed by atoms with Crippen molar-refractivity contribution in [2.75, 3.05) is 5.32 Å². The Morgan fingerprint density at radius 1 is 1.26 bits per heavy atom. The van der Waals surface area contributed by atoms with E-state index in [1.807, 2.05) is 0 Å². The van der Waals surface area contributed by atoms with Crippen LogP contribution in [0.25, 0.3) is 11.0 Å². The number of carbonyl (C=O) groups is 1. The highest BCUT2D eigenvalue weighted by Crippen LogP contribution is 2.17. The van der Waals surface area contributed by atoms with Crippen LogP contribution in [0.5, 0.6) is 0 Å². The highest BCUT2D eigenvalue weighted by molar-refractivity contribution is 6.12. The second-order valence-electron chi connectivity index (χ2n) is 4.07. The third-order valence-corrected chi connectivity index (χ3v) is 2.78. The number of nitrogens with zero attached hydrogens (tertiary/aromatic N) is 1. The van der Waals surface area contributed by atoms with Crippen molar-refractivity contribution in [3.63, 3.8) is 0 Å². The van der Waals surface area contributed by atoms with Crippen molar-refractivity contribution >= 4 is 22.6 Å². The van der Waals surface area contributed by atoms with Crippen molar-refractivity contribution in [3.05, 3.63) is 60.2 Å². The molecule has 4 nitrogen and oxygen atoms in total. The van der Waals surface area contributed by atoms with E-state index in [1.165, 1.54) is 12.1 Å². The van der Waals surface area contributed by atoms with Crippen LogP contribution in [0.3, 0.4) is 0 Å². The first-order valence-corrected chi connectivity index (χ1v) is 5.73. The van der Waals surface area contributed by atoms with E-state index in [0.29, 0.717) is 16.9 Å². The molecule has 0 radical (unpaired) electrons. The molecule has 2 aromatic heterocycles. The van der Waals surface area contributed by atoms with Crippen LogP contribution in [0.2, 0.25) is 0 Å². The zero-order chi connectivity index (χ0) is 13.2. The van der Waals surface area contributed by atoms with Crippen LogP contribution in [0.4, 0.5) is 10.1 Å². The number of aromatic nitrogens is 2. The van der Waals surface area contributed by atoms with Crippen LogP contribution in [-0.4, -0.2) is 15.9 Å². The maximum Gasteiger partial charge on any atom is 0.257 e. The largest absolute Gasteiger partial charge is 0.345 e.